The lowest BCUT2D eigenvalue weighted by molar-refractivity contribution is -0.384. The Morgan fingerprint density at radius 1 is 0.867 bits per heavy atom. The Balaban J connectivity index is 1.29. The first-order valence-corrected chi connectivity index (χ1v) is 14.4. The zero-order valence-electron chi connectivity index (χ0n) is 23.3. The Morgan fingerprint density at radius 2 is 1.42 bits per heavy atom. The van der Waals surface area contributed by atoms with Gasteiger partial charge in [0.05, 0.1) is 26.1 Å². The minimum absolute atomic E-state index is 0.0552. The van der Waals surface area contributed by atoms with Crippen LogP contribution in [-0.4, -0.2) is 53.1 Å². The lowest BCUT2D eigenvalue weighted by atomic mass is 9.88. The number of amides is 2. The molecule has 2 aliphatic rings. The van der Waals surface area contributed by atoms with Crippen LogP contribution in [0.25, 0.3) is 0 Å². The molecule has 2 bridgehead atoms. The van der Waals surface area contributed by atoms with Gasteiger partial charge < -0.3 is 24.8 Å². The van der Waals surface area contributed by atoms with Crippen molar-refractivity contribution in [3.05, 3.63) is 98.0 Å². The van der Waals surface area contributed by atoms with Crippen molar-refractivity contribution in [3.63, 3.8) is 0 Å². The minimum atomic E-state index is -1.10. The second kappa shape index (κ2) is 12.9. The van der Waals surface area contributed by atoms with Crippen molar-refractivity contribution in [1.29, 1.82) is 0 Å². The molecule has 0 spiro atoms. The van der Waals surface area contributed by atoms with Crippen molar-refractivity contribution in [2.24, 2.45) is 0 Å². The van der Waals surface area contributed by atoms with Crippen LogP contribution in [0, 0.1) is 21.7 Å². The molecule has 11 nitrogen and oxygen atoms in total. The highest BCUT2D eigenvalue weighted by Gasteiger charge is 2.63. The number of hydrogen-bond acceptors (Lipinski definition) is 8. The third kappa shape index (κ3) is 7.26. The molecule has 3 atom stereocenters. The number of esters is 1. The van der Waals surface area contributed by atoms with Crippen LogP contribution >= 0.6 is 23.2 Å². The van der Waals surface area contributed by atoms with E-state index in [1.807, 2.05) is 0 Å². The molecule has 236 valence electrons. The molecular formula is C30H25Cl2F2N3O8. The molecule has 2 fully saturated rings. The summed E-state index contributed by atoms with van der Waals surface area (Å²) < 4.78 is 44.2. The number of nitro groups is 1. The van der Waals surface area contributed by atoms with Crippen LogP contribution in [0.4, 0.5) is 14.5 Å². The molecule has 2 aliphatic carbocycles. The van der Waals surface area contributed by atoms with Gasteiger partial charge in [0.15, 0.2) is 13.2 Å². The molecule has 2 N–H and O–H groups in total. The SMILES string of the molecule is O=C(COc1ccc(Cl)c(F)c1)NC12CC[C@@](NC(=O)COc3ccc(Cl)c(F)c3)(C[C@@H]1OC(=O)c1ccc([N+](=O)[O-])cc1)C2. The average molecular weight is 664 g/mol. The second-order valence-corrected chi connectivity index (χ2v) is 11.7. The molecule has 0 aromatic heterocycles. The Kier molecular flexibility index (Phi) is 9.12. The standard InChI is InChI=1S/C30H25Cl2F2N3O8/c31-21-7-5-19(11-23(21)33)43-14-26(38)35-29-9-10-30(16-29,36-27(39)15-44-20-6-8-22(32)24(34)12-20)25(13-29)45-28(40)17-1-3-18(4-2-17)37(41)42/h1-8,11-12,25H,9-10,13-16H2,(H,35,38)(H,36,39)/t25-,29+,30?/m0/s1. The first-order chi connectivity index (χ1) is 21.4. The highest BCUT2D eigenvalue weighted by Crippen LogP contribution is 2.52. The Hall–Kier alpha value is -4.49. The molecule has 1 unspecified atom stereocenters. The number of nitro benzene ring substituents is 1. The molecule has 0 saturated heterocycles. The number of carbonyl (C=O) groups excluding carboxylic acids is 3. The normalized spacial score (nSPS) is 21.6. The number of halogens is 4. The van der Waals surface area contributed by atoms with E-state index in [4.69, 9.17) is 37.4 Å². The Morgan fingerprint density at radius 3 is 1.96 bits per heavy atom. The number of nitrogens with one attached hydrogen (secondary N) is 2. The van der Waals surface area contributed by atoms with Gasteiger partial charge >= 0.3 is 5.97 Å². The van der Waals surface area contributed by atoms with Crippen LogP contribution in [0.1, 0.15) is 36.0 Å². The number of nitrogens with zero attached hydrogens (tertiary/aromatic N) is 1. The van der Waals surface area contributed by atoms with Crippen molar-refractivity contribution < 1.29 is 42.3 Å². The minimum Gasteiger partial charge on any atom is -0.484 e. The van der Waals surface area contributed by atoms with Crippen molar-refractivity contribution in [3.8, 4) is 11.5 Å². The van der Waals surface area contributed by atoms with Crippen LogP contribution in [-0.2, 0) is 14.3 Å². The van der Waals surface area contributed by atoms with E-state index < -0.39 is 64.7 Å². The third-order valence-electron chi connectivity index (χ3n) is 7.77. The van der Waals surface area contributed by atoms with E-state index in [0.29, 0.717) is 12.8 Å². The van der Waals surface area contributed by atoms with E-state index in [0.717, 1.165) is 12.1 Å². The molecule has 3 aromatic rings. The maximum Gasteiger partial charge on any atom is 0.338 e. The van der Waals surface area contributed by atoms with Crippen LogP contribution < -0.4 is 20.1 Å². The molecule has 0 radical (unpaired) electrons. The maximum absolute atomic E-state index is 13.8. The summed E-state index contributed by atoms with van der Waals surface area (Å²) in [6.45, 7) is -0.933. The average Bonchev–Trinajstić information content (AvgIpc) is 3.50. The zero-order valence-corrected chi connectivity index (χ0v) is 24.8. The van der Waals surface area contributed by atoms with Gasteiger partial charge in [-0.05, 0) is 55.7 Å². The molecule has 45 heavy (non-hydrogen) atoms. The number of fused-ring (bicyclic) bond motifs is 2. The maximum atomic E-state index is 13.8. The van der Waals surface area contributed by atoms with Crippen LogP contribution in [0.5, 0.6) is 11.5 Å². The van der Waals surface area contributed by atoms with Gasteiger partial charge in [0.1, 0.15) is 29.2 Å². The summed E-state index contributed by atoms with van der Waals surface area (Å²) in [5, 5.41) is 16.6. The van der Waals surface area contributed by atoms with E-state index in [1.165, 1.54) is 48.5 Å². The third-order valence-corrected chi connectivity index (χ3v) is 8.39. The molecule has 0 aliphatic heterocycles. The zero-order chi connectivity index (χ0) is 32.4. The number of hydrogen-bond donors (Lipinski definition) is 2. The van der Waals surface area contributed by atoms with Gasteiger partial charge in [-0.15, -0.1) is 0 Å². The molecular weight excluding hydrogens is 639 g/mol. The van der Waals surface area contributed by atoms with Gasteiger partial charge in [-0.25, -0.2) is 13.6 Å². The number of ether oxygens (including phenoxy) is 3. The van der Waals surface area contributed by atoms with Crippen molar-refractivity contribution >= 4 is 46.7 Å². The number of carbonyl (C=O) groups is 3. The van der Waals surface area contributed by atoms with Gasteiger partial charge in [-0.3, -0.25) is 19.7 Å². The highest BCUT2D eigenvalue weighted by molar-refractivity contribution is 6.31. The van der Waals surface area contributed by atoms with E-state index in [1.54, 1.807) is 0 Å². The Labute approximate surface area is 264 Å². The molecule has 15 heteroatoms. The van der Waals surface area contributed by atoms with E-state index >= 15 is 0 Å². The summed E-state index contributed by atoms with van der Waals surface area (Å²) in [7, 11) is 0. The quantitative estimate of drug-likeness (QED) is 0.163. The number of non-ortho nitro benzene ring substituents is 1. The van der Waals surface area contributed by atoms with Crippen LogP contribution in [0.15, 0.2) is 60.7 Å². The fraction of sp³-hybridized carbons (Fsp3) is 0.300. The number of benzene rings is 3. The van der Waals surface area contributed by atoms with Gasteiger partial charge in [0.25, 0.3) is 17.5 Å². The summed E-state index contributed by atoms with van der Waals surface area (Å²) in [6.07, 6.45) is 0.161. The molecule has 0 heterocycles. The van der Waals surface area contributed by atoms with Gasteiger partial charge in [0, 0.05) is 36.2 Å². The molecule has 2 saturated carbocycles. The Bertz CT molecular complexity index is 1660. The summed E-state index contributed by atoms with van der Waals surface area (Å²) in [6, 6.07) is 12.3. The fourth-order valence-electron chi connectivity index (χ4n) is 5.73. The molecule has 5 rings (SSSR count). The van der Waals surface area contributed by atoms with Gasteiger partial charge in [0.2, 0.25) is 0 Å². The van der Waals surface area contributed by atoms with Crippen molar-refractivity contribution in [1.82, 2.24) is 10.6 Å². The van der Waals surface area contributed by atoms with E-state index in [2.05, 4.69) is 10.6 Å². The van der Waals surface area contributed by atoms with E-state index in [-0.39, 0.29) is 45.6 Å². The lowest BCUT2D eigenvalue weighted by Gasteiger charge is -2.36. The van der Waals surface area contributed by atoms with Gasteiger partial charge in [-0.2, -0.15) is 0 Å². The topological polar surface area (TPSA) is 146 Å². The highest BCUT2D eigenvalue weighted by atomic mass is 35.5. The van der Waals surface area contributed by atoms with Crippen LogP contribution in [0.3, 0.4) is 0 Å². The predicted molar refractivity (Wildman–Crippen MR) is 156 cm³/mol. The van der Waals surface area contributed by atoms with E-state index in [9.17, 15) is 33.3 Å². The van der Waals surface area contributed by atoms with Gasteiger partial charge in [-0.1, -0.05) is 23.2 Å². The second-order valence-electron chi connectivity index (χ2n) is 10.8. The van der Waals surface area contributed by atoms with Crippen molar-refractivity contribution in [2.45, 2.75) is 42.9 Å². The predicted octanol–water partition coefficient (Wildman–Crippen LogP) is 5.16. The fourth-order valence-corrected chi connectivity index (χ4v) is 5.97. The lowest BCUT2D eigenvalue weighted by Crippen LogP contribution is -2.55. The molecule has 3 aromatic carbocycles. The van der Waals surface area contributed by atoms with Crippen LogP contribution in [0.2, 0.25) is 10.0 Å². The van der Waals surface area contributed by atoms with Crippen molar-refractivity contribution in [2.75, 3.05) is 13.2 Å². The summed E-state index contributed by atoms with van der Waals surface area (Å²) in [5.41, 5.74) is -2.14. The summed E-state index contributed by atoms with van der Waals surface area (Å²) in [4.78, 5) is 49.4. The first-order valence-electron chi connectivity index (χ1n) is 13.6. The first kappa shape index (κ1) is 31.9. The monoisotopic (exact) mass is 663 g/mol. The number of rotatable bonds is 11. The summed E-state index contributed by atoms with van der Waals surface area (Å²) >= 11 is 11.4. The smallest absolute Gasteiger partial charge is 0.338 e. The largest absolute Gasteiger partial charge is 0.484 e. The molecule has 2 amide bonds. The summed E-state index contributed by atoms with van der Waals surface area (Å²) in [5.74, 6) is -3.14.